The number of hydrogen-bond acceptors (Lipinski definition) is 4. The van der Waals surface area contributed by atoms with Crippen molar-refractivity contribution >= 4 is 39.1 Å². The summed E-state index contributed by atoms with van der Waals surface area (Å²) in [5.74, 6) is -0.130. The summed E-state index contributed by atoms with van der Waals surface area (Å²) in [6.07, 6.45) is 0. The number of amides is 1. The predicted molar refractivity (Wildman–Crippen MR) is 109 cm³/mol. The Kier molecular flexibility index (Phi) is 3.70. The monoisotopic (exact) mass is 370 g/mol. The SMILES string of the molecule is CN(O)C1=C(c2ccc3oc4ccccc4c3c2)C(=O)N(c2ccccc2)C1. The van der Waals surface area contributed by atoms with Gasteiger partial charge in [-0.1, -0.05) is 42.5 Å². The zero-order chi connectivity index (χ0) is 19.3. The van der Waals surface area contributed by atoms with Gasteiger partial charge in [0, 0.05) is 23.5 Å². The first-order chi connectivity index (χ1) is 13.6. The Morgan fingerprint density at radius 1 is 0.929 bits per heavy atom. The molecular formula is C23H18N2O3. The molecule has 28 heavy (non-hydrogen) atoms. The van der Waals surface area contributed by atoms with Crippen molar-refractivity contribution in [1.29, 1.82) is 0 Å². The van der Waals surface area contributed by atoms with Crippen molar-refractivity contribution in [3.8, 4) is 0 Å². The van der Waals surface area contributed by atoms with Crippen LogP contribution in [-0.4, -0.2) is 29.8 Å². The first kappa shape index (κ1) is 16.6. The van der Waals surface area contributed by atoms with E-state index in [9.17, 15) is 10.0 Å². The minimum Gasteiger partial charge on any atom is -0.456 e. The zero-order valence-corrected chi connectivity index (χ0v) is 15.3. The van der Waals surface area contributed by atoms with E-state index in [1.807, 2.05) is 72.8 Å². The molecule has 0 bridgehead atoms. The number of rotatable bonds is 3. The van der Waals surface area contributed by atoms with Crippen LogP contribution >= 0.6 is 0 Å². The van der Waals surface area contributed by atoms with E-state index in [-0.39, 0.29) is 5.91 Å². The van der Waals surface area contributed by atoms with Gasteiger partial charge in [0.2, 0.25) is 0 Å². The lowest BCUT2D eigenvalue weighted by atomic mass is 10.0. The molecule has 1 aliphatic rings. The molecule has 0 radical (unpaired) electrons. The lowest BCUT2D eigenvalue weighted by Crippen LogP contribution is -2.27. The Labute approximate surface area is 161 Å². The lowest BCUT2D eigenvalue weighted by Gasteiger charge is -2.18. The van der Waals surface area contributed by atoms with Gasteiger partial charge in [-0.25, -0.2) is 0 Å². The average molecular weight is 370 g/mol. The molecule has 2 heterocycles. The van der Waals surface area contributed by atoms with Gasteiger partial charge in [0.25, 0.3) is 5.91 Å². The van der Waals surface area contributed by atoms with Gasteiger partial charge >= 0.3 is 0 Å². The van der Waals surface area contributed by atoms with Crippen molar-refractivity contribution in [1.82, 2.24) is 5.06 Å². The van der Waals surface area contributed by atoms with Crippen molar-refractivity contribution in [2.24, 2.45) is 0 Å². The van der Waals surface area contributed by atoms with Crippen LogP contribution in [0.25, 0.3) is 27.5 Å². The Hall–Kier alpha value is -3.57. The largest absolute Gasteiger partial charge is 0.456 e. The number of anilines is 1. The molecule has 4 aromatic rings. The molecule has 1 aliphatic heterocycles. The fraction of sp³-hybridized carbons (Fsp3) is 0.0870. The number of hydroxylamine groups is 2. The molecule has 5 nitrogen and oxygen atoms in total. The first-order valence-corrected chi connectivity index (χ1v) is 9.08. The average Bonchev–Trinajstić information content (AvgIpc) is 3.26. The lowest BCUT2D eigenvalue weighted by molar-refractivity contribution is -0.112. The summed E-state index contributed by atoms with van der Waals surface area (Å²) >= 11 is 0. The van der Waals surface area contributed by atoms with Crippen molar-refractivity contribution in [2.75, 3.05) is 18.5 Å². The number of carbonyl (C=O) groups excluding carboxylic acids is 1. The number of nitrogens with zero attached hydrogens (tertiary/aromatic N) is 2. The molecule has 3 aromatic carbocycles. The number of furan rings is 1. The van der Waals surface area contributed by atoms with Crippen LogP contribution in [0.1, 0.15) is 5.56 Å². The Balaban J connectivity index is 1.66. The van der Waals surface area contributed by atoms with Crippen LogP contribution in [0.15, 0.2) is 82.9 Å². The third-order valence-corrected chi connectivity index (χ3v) is 5.18. The van der Waals surface area contributed by atoms with Gasteiger partial charge in [0.1, 0.15) is 11.2 Å². The smallest absolute Gasteiger partial charge is 0.261 e. The summed E-state index contributed by atoms with van der Waals surface area (Å²) in [5.41, 5.74) is 4.22. The number of benzene rings is 3. The van der Waals surface area contributed by atoms with E-state index in [0.29, 0.717) is 17.8 Å². The number of fused-ring (bicyclic) bond motifs is 3. The number of hydrogen-bond donors (Lipinski definition) is 1. The molecular weight excluding hydrogens is 352 g/mol. The van der Waals surface area contributed by atoms with Crippen molar-refractivity contribution in [3.63, 3.8) is 0 Å². The van der Waals surface area contributed by atoms with Crippen LogP contribution in [-0.2, 0) is 4.79 Å². The van der Waals surface area contributed by atoms with E-state index >= 15 is 0 Å². The van der Waals surface area contributed by atoms with Gasteiger partial charge in [-0.2, -0.15) is 0 Å². The maximum absolute atomic E-state index is 13.3. The Morgan fingerprint density at radius 2 is 1.64 bits per heavy atom. The number of para-hydroxylation sites is 2. The Bertz CT molecular complexity index is 1240. The molecule has 0 atom stereocenters. The van der Waals surface area contributed by atoms with Crippen LogP contribution in [0.4, 0.5) is 5.69 Å². The topological polar surface area (TPSA) is 56.9 Å². The molecule has 0 saturated carbocycles. The fourth-order valence-electron chi connectivity index (χ4n) is 3.81. The molecule has 0 saturated heterocycles. The second kappa shape index (κ2) is 6.25. The molecule has 5 heteroatoms. The maximum Gasteiger partial charge on any atom is 0.261 e. The molecule has 1 amide bonds. The van der Waals surface area contributed by atoms with Crippen LogP contribution in [0.3, 0.4) is 0 Å². The molecule has 0 unspecified atom stereocenters. The molecule has 0 fully saturated rings. The second-order valence-corrected chi connectivity index (χ2v) is 6.88. The minimum atomic E-state index is -0.130. The van der Waals surface area contributed by atoms with Crippen LogP contribution in [0.5, 0.6) is 0 Å². The normalized spacial score (nSPS) is 14.5. The van der Waals surface area contributed by atoms with Crippen LogP contribution < -0.4 is 4.90 Å². The summed E-state index contributed by atoms with van der Waals surface area (Å²) in [4.78, 5) is 14.9. The standard InChI is InChI=1S/C23H18N2O3/c1-24(27)19-14-25(16-7-3-2-4-8-16)23(26)22(19)15-11-12-21-18(13-15)17-9-5-6-10-20(17)28-21/h2-13,27H,14H2,1H3. The minimum absolute atomic E-state index is 0.130. The van der Waals surface area contributed by atoms with Gasteiger partial charge in [-0.05, 0) is 35.9 Å². The molecule has 0 aliphatic carbocycles. The zero-order valence-electron chi connectivity index (χ0n) is 15.3. The van der Waals surface area contributed by atoms with Crippen molar-refractivity contribution in [2.45, 2.75) is 0 Å². The molecule has 5 rings (SSSR count). The molecule has 1 N–H and O–H groups in total. The highest BCUT2D eigenvalue weighted by Crippen LogP contribution is 2.36. The van der Waals surface area contributed by atoms with E-state index in [2.05, 4.69) is 0 Å². The maximum atomic E-state index is 13.3. The van der Waals surface area contributed by atoms with Gasteiger partial charge in [0.15, 0.2) is 0 Å². The van der Waals surface area contributed by atoms with E-state index in [0.717, 1.165) is 38.3 Å². The van der Waals surface area contributed by atoms with E-state index in [4.69, 9.17) is 4.42 Å². The summed E-state index contributed by atoms with van der Waals surface area (Å²) in [5, 5.41) is 13.2. The molecule has 0 spiro atoms. The highest BCUT2D eigenvalue weighted by molar-refractivity contribution is 6.30. The van der Waals surface area contributed by atoms with Crippen LogP contribution in [0.2, 0.25) is 0 Å². The quantitative estimate of drug-likeness (QED) is 0.533. The third-order valence-electron chi connectivity index (χ3n) is 5.18. The first-order valence-electron chi connectivity index (χ1n) is 9.08. The second-order valence-electron chi connectivity index (χ2n) is 6.88. The summed E-state index contributed by atoms with van der Waals surface area (Å²) in [6, 6.07) is 23.0. The van der Waals surface area contributed by atoms with E-state index in [1.54, 1.807) is 11.9 Å². The van der Waals surface area contributed by atoms with Crippen molar-refractivity contribution in [3.05, 3.63) is 84.1 Å². The van der Waals surface area contributed by atoms with Crippen LogP contribution in [0, 0.1) is 0 Å². The fourth-order valence-corrected chi connectivity index (χ4v) is 3.81. The number of likely N-dealkylation sites (N-methyl/N-ethyl adjacent to an activating group) is 1. The summed E-state index contributed by atoms with van der Waals surface area (Å²) in [7, 11) is 1.54. The van der Waals surface area contributed by atoms with Gasteiger partial charge in [-0.3, -0.25) is 15.1 Å². The summed E-state index contributed by atoms with van der Waals surface area (Å²) in [6.45, 7) is 0.315. The van der Waals surface area contributed by atoms with E-state index < -0.39 is 0 Å². The predicted octanol–water partition coefficient (Wildman–Crippen LogP) is 4.66. The van der Waals surface area contributed by atoms with Gasteiger partial charge in [0.05, 0.1) is 17.8 Å². The highest BCUT2D eigenvalue weighted by atomic mass is 16.5. The van der Waals surface area contributed by atoms with E-state index in [1.165, 1.54) is 0 Å². The molecule has 138 valence electrons. The Morgan fingerprint density at radius 3 is 2.43 bits per heavy atom. The molecule has 1 aromatic heterocycles. The number of carbonyl (C=O) groups is 1. The van der Waals surface area contributed by atoms with Crippen molar-refractivity contribution < 1.29 is 14.4 Å². The highest BCUT2D eigenvalue weighted by Gasteiger charge is 2.34. The summed E-state index contributed by atoms with van der Waals surface area (Å²) < 4.78 is 5.89. The van der Waals surface area contributed by atoms with Gasteiger partial charge < -0.3 is 9.32 Å². The third kappa shape index (κ3) is 2.48. The van der Waals surface area contributed by atoms with Gasteiger partial charge in [-0.15, -0.1) is 0 Å².